The van der Waals surface area contributed by atoms with E-state index < -0.39 is 32.1 Å². The number of allylic oxidation sites excluding steroid dienone is 1. The molecule has 2 aromatic rings. The zero-order valence-corrected chi connectivity index (χ0v) is 21.3. The second kappa shape index (κ2) is 7.45. The molecule has 2 saturated carbocycles. The van der Waals surface area contributed by atoms with Gasteiger partial charge in [-0.25, -0.2) is 8.42 Å². The number of ether oxygens (including phenoxy) is 2. The highest BCUT2D eigenvalue weighted by Gasteiger charge is 2.78. The molecule has 6 rings (SSSR count). The molecule has 2 fully saturated rings. The molecule has 184 valence electrons. The Hall–Kier alpha value is -2.60. The summed E-state index contributed by atoms with van der Waals surface area (Å²) in [6, 6.07) is 15.0. The van der Waals surface area contributed by atoms with Crippen molar-refractivity contribution in [3.63, 3.8) is 0 Å². The number of fused-ring (bicyclic) bond motifs is 3. The molecule has 4 aliphatic carbocycles. The molecule has 0 saturated heterocycles. The SMILES string of the molecule is COc1ccc2c(c1)CC[C@H]1[C@@H]2CC[C@@]2(C)[C@]13C=C[C@@]2(OC(C)=O)[C@H](S(=O)(=O)c1ccccc1)C3. The number of aryl methyl sites for hydroxylation is 1. The fourth-order valence-electron chi connectivity index (χ4n) is 8.33. The van der Waals surface area contributed by atoms with E-state index in [0.717, 1.165) is 31.4 Å². The lowest BCUT2D eigenvalue weighted by Gasteiger charge is -2.56. The van der Waals surface area contributed by atoms with Gasteiger partial charge in [-0.1, -0.05) is 37.3 Å². The average Bonchev–Trinajstić information content (AvgIpc) is 3.24. The lowest BCUT2D eigenvalue weighted by atomic mass is 9.48. The highest BCUT2D eigenvalue weighted by molar-refractivity contribution is 7.92. The van der Waals surface area contributed by atoms with E-state index in [1.54, 1.807) is 31.4 Å². The van der Waals surface area contributed by atoms with Gasteiger partial charge in [-0.2, -0.15) is 0 Å². The van der Waals surface area contributed by atoms with Crippen molar-refractivity contribution >= 4 is 15.8 Å². The number of carbonyl (C=O) groups excluding carboxylic acids is 1. The first kappa shape index (κ1) is 22.8. The summed E-state index contributed by atoms with van der Waals surface area (Å²) < 4.78 is 39.8. The molecular weight excluding hydrogens is 460 g/mol. The predicted molar refractivity (Wildman–Crippen MR) is 133 cm³/mol. The molecule has 2 bridgehead atoms. The highest BCUT2D eigenvalue weighted by atomic mass is 32.2. The highest BCUT2D eigenvalue weighted by Crippen LogP contribution is 2.76. The quantitative estimate of drug-likeness (QED) is 0.431. The lowest BCUT2D eigenvalue weighted by molar-refractivity contribution is -0.168. The van der Waals surface area contributed by atoms with Crippen molar-refractivity contribution in [2.75, 3.05) is 7.11 Å². The van der Waals surface area contributed by atoms with E-state index in [1.807, 2.05) is 18.2 Å². The van der Waals surface area contributed by atoms with Gasteiger partial charge >= 0.3 is 5.97 Å². The van der Waals surface area contributed by atoms with E-state index in [2.05, 4.69) is 25.1 Å². The molecule has 6 atom stereocenters. The van der Waals surface area contributed by atoms with Gasteiger partial charge in [0.25, 0.3) is 0 Å². The van der Waals surface area contributed by atoms with Crippen molar-refractivity contribution < 1.29 is 22.7 Å². The minimum Gasteiger partial charge on any atom is -0.497 e. The summed E-state index contributed by atoms with van der Waals surface area (Å²) in [6.07, 6.45) is 8.35. The summed E-state index contributed by atoms with van der Waals surface area (Å²) in [5.74, 6) is 1.11. The largest absolute Gasteiger partial charge is 0.497 e. The van der Waals surface area contributed by atoms with Gasteiger partial charge in [0.15, 0.2) is 15.4 Å². The van der Waals surface area contributed by atoms with E-state index in [1.165, 1.54) is 18.1 Å². The van der Waals surface area contributed by atoms with Crippen LogP contribution in [-0.4, -0.2) is 32.3 Å². The van der Waals surface area contributed by atoms with Crippen molar-refractivity contribution in [2.24, 2.45) is 16.7 Å². The van der Waals surface area contributed by atoms with Gasteiger partial charge in [0.05, 0.1) is 12.0 Å². The Kier molecular flexibility index (Phi) is 4.86. The molecule has 0 unspecified atom stereocenters. The predicted octanol–water partition coefficient (Wildman–Crippen LogP) is 5.25. The summed E-state index contributed by atoms with van der Waals surface area (Å²) >= 11 is 0. The summed E-state index contributed by atoms with van der Waals surface area (Å²) in [4.78, 5) is 12.7. The number of esters is 1. The van der Waals surface area contributed by atoms with Crippen LogP contribution in [0.4, 0.5) is 0 Å². The van der Waals surface area contributed by atoms with Crippen molar-refractivity contribution in [3.05, 3.63) is 71.8 Å². The minimum absolute atomic E-state index is 0.298. The Morgan fingerprint density at radius 1 is 1.06 bits per heavy atom. The first-order chi connectivity index (χ1) is 16.7. The van der Waals surface area contributed by atoms with Crippen LogP contribution < -0.4 is 4.74 Å². The van der Waals surface area contributed by atoms with Crippen LogP contribution in [-0.2, 0) is 25.8 Å². The molecule has 0 radical (unpaired) electrons. The standard InChI is InChI=1S/C29H32O5S/c1-19(30)34-29-16-15-28(18-26(29)35(31,32)22-7-5-4-6-8-22)25-12-9-20-17-21(33-3)10-11-23(20)24(25)13-14-27(28,29)2/h4-8,10-11,15-17,24-26H,9,12-14,18H2,1-3H3/t24-,25+,26-,27+,28+,29-/m1/s1. The summed E-state index contributed by atoms with van der Waals surface area (Å²) in [6.45, 7) is 3.57. The van der Waals surface area contributed by atoms with E-state index in [9.17, 15) is 13.2 Å². The first-order valence-corrected chi connectivity index (χ1v) is 14.1. The Balaban J connectivity index is 1.49. The van der Waals surface area contributed by atoms with Crippen molar-refractivity contribution in [1.82, 2.24) is 0 Å². The zero-order chi connectivity index (χ0) is 24.6. The normalized spacial score (nSPS) is 36.7. The van der Waals surface area contributed by atoms with Crippen LogP contribution in [0.1, 0.15) is 56.6 Å². The topological polar surface area (TPSA) is 69.7 Å². The molecule has 4 aliphatic rings. The monoisotopic (exact) mass is 492 g/mol. The van der Waals surface area contributed by atoms with E-state index in [4.69, 9.17) is 9.47 Å². The summed E-state index contributed by atoms with van der Waals surface area (Å²) in [7, 11) is -2.03. The van der Waals surface area contributed by atoms with E-state index in [0.29, 0.717) is 23.2 Å². The van der Waals surface area contributed by atoms with Gasteiger partial charge in [-0.3, -0.25) is 4.79 Å². The van der Waals surface area contributed by atoms with Crippen LogP contribution in [0.15, 0.2) is 65.6 Å². The van der Waals surface area contributed by atoms with Gasteiger partial charge in [-0.05, 0) is 85.4 Å². The van der Waals surface area contributed by atoms with Crippen molar-refractivity contribution in [2.45, 2.75) is 67.6 Å². The van der Waals surface area contributed by atoms with Crippen LogP contribution in [0.25, 0.3) is 0 Å². The Bertz CT molecular complexity index is 1330. The molecule has 0 heterocycles. The number of rotatable bonds is 4. The van der Waals surface area contributed by atoms with Crippen LogP contribution in [0, 0.1) is 16.7 Å². The smallest absolute Gasteiger partial charge is 0.303 e. The van der Waals surface area contributed by atoms with Gasteiger partial charge in [0, 0.05) is 17.8 Å². The number of hydrogen-bond donors (Lipinski definition) is 0. The van der Waals surface area contributed by atoms with Crippen LogP contribution in [0.3, 0.4) is 0 Å². The third-order valence-corrected chi connectivity index (χ3v) is 12.1. The van der Waals surface area contributed by atoms with Crippen LogP contribution in [0.2, 0.25) is 0 Å². The lowest BCUT2D eigenvalue weighted by Crippen LogP contribution is -2.56. The number of sulfone groups is 1. The fraction of sp³-hybridized carbons (Fsp3) is 0.483. The second-order valence-corrected chi connectivity index (χ2v) is 13.1. The molecule has 5 nitrogen and oxygen atoms in total. The molecule has 0 spiro atoms. The van der Waals surface area contributed by atoms with Crippen molar-refractivity contribution in [3.8, 4) is 5.75 Å². The maximum absolute atomic E-state index is 14.1. The summed E-state index contributed by atoms with van der Waals surface area (Å²) in [5.41, 5.74) is 0.744. The average molecular weight is 493 g/mol. The molecule has 0 aliphatic heterocycles. The number of carbonyl (C=O) groups is 1. The van der Waals surface area contributed by atoms with Gasteiger partial charge in [0.2, 0.25) is 0 Å². The third kappa shape index (κ3) is 2.80. The van der Waals surface area contributed by atoms with E-state index in [-0.39, 0.29) is 5.41 Å². The Morgan fingerprint density at radius 3 is 2.54 bits per heavy atom. The number of methoxy groups -OCH3 is 1. The molecule has 0 N–H and O–H groups in total. The van der Waals surface area contributed by atoms with Gasteiger partial charge in [-0.15, -0.1) is 0 Å². The zero-order valence-electron chi connectivity index (χ0n) is 20.5. The van der Waals surface area contributed by atoms with Gasteiger partial charge in [0.1, 0.15) is 11.0 Å². The first-order valence-electron chi connectivity index (χ1n) is 12.5. The molecule has 35 heavy (non-hydrogen) atoms. The maximum Gasteiger partial charge on any atom is 0.303 e. The van der Waals surface area contributed by atoms with E-state index >= 15 is 0 Å². The van der Waals surface area contributed by atoms with Crippen LogP contribution in [0.5, 0.6) is 5.75 Å². The van der Waals surface area contributed by atoms with Crippen LogP contribution >= 0.6 is 0 Å². The molecular formula is C29H32O5S. The second-order valence-electron chi connectivity index (χ2n) is 11.0. The molecule has 2 aromatic carbocycles. The minimum atomic E-state index is -3.73. The Labute approximate surface area is 207 Å². The van der Waals surface area contributed by atoms with Crippen molar-refractivity contribution in [1.29, 1.82) is 0 Å². The Morgan fingerprint density at radius 2 is 1.83 bits per heavy atom. The molecule has 6 heteroatoms. The third-order valence-electron chi connectivity index (χ3n) is 9.86. The maximum atomic E-state index is 14.1. The fourth-order valence-corrected chi connectivity index (χ4v) is 10.5. The number of hydrogen-bond acceptors (Lipinski definition) is 5. The number of benzene rings is 2. The molecule has 0 amide bonds. The molecule has 0 aromatic heterocycles. The van der Waals surface area contributed by atoms with Gasteiger partial charge < -0.3 is 9.47 Å². The summed E-state index contributed by atoms with van der Waals surface area (Å²) in [5, 5.41) is -0.799.